The Morgan fingerprint density at radius 3 is 2.41 bits per heavy atom. The van der Waals surface area contributed by atoms with E-state index in [0.717, 1.165) is 42.0 Å². The highest BCUT2D eigenvalue weighted by molar-refractivity contribution is 6.19. The Hall–Kier alpha value is -2.44. The number of rotatable bonds is 6. The van der Waals surface area contributed by atoms with Crippen LogP contribution in [0.2, 0.25) is 0 Å². The summed E-state index contributed by atoms with van der Waals surface area (Å²) < 4.78 is 22.5. The lowest BCUT2D eigenvalue weighted by atomic mass is 9.83. The van der Waals surface area contributed by atoms with Crippen molar-refractivity contribution in [3.8, 4) is 23.0 Å². The summed E-state index contributed by atoms with van der Waals surface area (Å²) in [7, 11) is 4.92. The van der Waals surface area contributed by atoms with Crippen molar-refractivity contribution in [1.29, 1.82) is 0 Å². The molecule has 7 heteroatoms. The lowest BCUT2D eigenvalue weighted by molar-refractivity contribution is -0.143. The van der Waals surface area contributed by atoms with Gasteiger partial charge in [-0.3, -0.25) is 9.69 Å². The molecule has 0 bridgehead atoms. The zero-order valence-corrected chi connectivity index (χ0v) is 20.0. The Balaban J connectivity index is 1.72. The third-order valence-electron chi connectivity index (χ3n) is 6.51. The van der Waals surface area contributed by atoms with E-state index in [1.807, 2.05) is 6.07 Å². The minimum atomic E-state index is -0.786. The van der Waals surface area contributed by atoms with Crippen LogP contribution in [-0.2, 0) is 24.2 Å². The first-order chi connectivity index (χ1) is 15.3. The first-order valence-electron chi connectivity index (χ1n) is 10.8. The average Bonchev–Trinajstić information content (AvgIpc) is 2.81. The second kappa shape index (κ2) is 8.83. The summed E-state index contributed by atoms with van der Waals surface area (Å²) in [5.41, 5.74) is 3.92. The van der Waals surface area contributed by atoms with Gasteiger partial charge in [0.05, 0.1) is 26.7 Å². The second-order valence-corrected chi connectivity index (χ2v) is 9.26. The number of alkyl halides is 1. The standard InChI is InChI=1S/C25H30ClNO5/c1-25(2,14-26)24(28)32-23-18-13-27-9-8-16-11-21(30-4)22(31-5)12-17(16)19(27)10-15(18)6-7-20(23)29-3/h6-7,11-12,19H,8-10,13-14H2,1-5H3. The molecule has 2 aromatic rings. The molecule has 0 fully saturated rings. The molecule has 1 atom stereocenters. The van der Waals surface area contributed by atoms with E-state index in [4.69, 9.17) is 30.5 Å². The molecule has 0 N–H and O–H groups in total. The molecule has 2 heterocycles. The first-order valence-corrected chi connectivity index (χ1v) is 11.3. The number of halogens is 1. The molecule has 0 amide bonds. The normalized spacial score (nSPS) is 17.6. The van der Waals surface area contributed by atoms with Gasteiger partial charge in [0.25, 0.3) is 0 Å². The maximum atomic E-state index is 12.8. The van der Waals surface area contributed by atoms with E-state index < -0.39 is 5.41 Å². The number of carbonyl (C=O) groups is 1. The zero-order chi connectivity index (χ0) is 23.0. The highest BCUT2D eigenvalue weighted by Crippen LogP contribution is 2.46. The molecule has 2 aromatic carbocycles. The molecule has 172 valence electrons. The fourth-order valence-corrected chi connectivity index (χ4v) is 4.60. The fraction of sp³-hybridized carbons (Fsp3) is 0.480. The van der Waals surface area contributed by atoms with E-state index >= 15 is 0 Å². The van der Waals surface area contributed by atoms with Crippen LogP contribution in [0.25, 0.3) is 0 Å². The molecular formula is C25H30ClNO5. The molecule has 1 unspecified atom stereocenters. The van der Waals surface area contributed by atoms with Crippen LogP contribution in [0.1, 0.15) is 42.1 Å². The van der Waals surface area contributed by atoms with E-state index in [1.54, 1.807) is 35.2 Å². The minimum absolute atomic E-state index is 0.180. The molecule has 0 aromatic heterocycles. The highest BCUT2D eigenvalue weighted by Gasteiger charge is 2.37. The van der Waals surface area contributed by atoms with Crippen LogP contribution in [0.15, 0.2) is 24.3 Å². The van der Waals surface area contributed by atoms with Gasteiger partial charge in [-0.05, 0) is 61.6 Å². The van der Waals surface area contributed by atoms with Crippen molar-refractivity contribution in [2.75, 3.05) is 33.8 Å². The van der Waals surface area contributed by atoms with Gasteiger partial charge in [-0.1, -0.05) is 6.07 Å². The lowest BCUT2D eigenvalue weighted by Gasteiger charge is -2.42. The van der Waals surface area contributed by atoms with Gasteiger partial charge >= 0.3 is 5.97 Å². The number of nitrogens with zero attached hydrogens (tertiary/aromatic N) is 1. The Kier molecular flexibility index (Phi) is 6.28. The smallest absolute Gasteiger partial charge is 0.318 e. The molecule has 2 aliphatic heterocycles. The number of fused-ring (bicyclic) bond motifs is 4. The number of benzene rings is 2. The molecule has 6 nitrogen and oxygen atoms in total. The third-order valence-corrected chi connectivity index (χ3v) is 7.18. The summed E-state index contributed by atoms with van der Waals surface area (Å²) in [6, 6.07) is 8.37. The van der Waals surface area contributed by atoms with Crippen molar-refractivity contribution < 1.29 is 23.7 Å². The number of carbonyl (C=O) groups excluding carboxylic acids is 1. The number of methoxy groups -OCH3 is 3. The largest absolute Gasteiger partial charge is 0.493 e. The lowest BCUT2D eigenvalue weighted by Crippen LogP contribution is -2.40. The van der Waals surface area contributed by atoms with Crippen LogP contribution in [0, 0.1) is 5.41 Å². The molecule has 0 radical (unpaired) electrons. The molecule has 0 spiro atoms. The van der Waals surface area contributed by atoms with E-state index in [-0.39, 0.29) is 17.9 Å². The molecule has 2 aliphatic rings. The van der Waals surface area contributed by atoms with Crippen LogP contribution in [0.4, 0.5) is 0 Å². The fourth-order valence-electron chi connectivity index (χ4n) is 4.49. The Bertz CT molecular complexity index is 1040. The molecule has 32 heavy (non-hydrogen) atoms. The van der Waals surface area contributed by atoms with Crippen molar-refractivity contribution in [3.05, 3.63) is 46.5 Å². The maximum Gasteiger partial charge on any atom is 0.318 e. The van der Waals surface area contributed by atoms with Crippen molar-refractivity contribution in [3.63, 3.8) is 0 Å². The van der Waals surface area contributed by atoms with Crippen molar-refractivity contribution >= 4 is 17.6 Å². The maximum absolute atomic E-state index is 12.8. The van der Waals surface area contributed by atoms with Gasteiger partial charge in [0.2, 0.25) is 0 Å². The van der Waals surface area contributed by atoms with Gasteiger partial charge in [0.15, 0.2) is 23.0 Å². The monoisotopic (exact) mass is 459 g/mol. The molecule has 0 aliphatic carbocycles. The number of hydrogen-bond acceptors (Lipinski definition) is 6. The van der Waals surface area contributed by atoms with E-state index in [0.29, 0.717) is 18.0 Å². The van der Waals surface area contributed by atoms with Gasteiger partial charge in [-0.2, -0.15) is 0 Å². The van der Waals surface area contributed by atoms with E-state index in [2.05, 4.69) is 23.1 Å². The summed E-state index contributed by atoms with van der Waals surface area (Å²) in [5, 5.41) is 0. The van der Waals surface area contributed by atoms with Crippen molar-refractivity contribution in [2.24, 2.45) is 5.41 Å². The quantitative estimate of drug-likeness (QED) is 0.359. The molecule has 4 rings (SSSR count). The van der Waals surface area contributed by atoms with Gasteiger partial charge in [-0.15, -0.1) is 11.6 Å². The summed E-state index contributed by atoms with van der Waals surface area (Å²) in [6.45, 7) is 5.15. The van der Waals surface area contributed by atoms with Crippen LogP contribution in [0.3, 0.4) is 0 Å². The molecule has 0 saturated heterocycles. The minimum Gasteiger partial charge on any atom is -0.493 e. The molecule has 0 saturated carbocycles. The summed E-state index contributed by atoms with van der Waals surface area (Å²) in [6.07, 6.45) is 1.73. The number of esters is 1. The average molecular weight is 460 g/mol. The number of ether oxygens (including phenoxy) is 4. The first kappa shape index (κ1) is 22.7. The van der Waals surface area contributed by atoms with Crippen LogP contribution in [-0.4, -0.2) is 44.6 Å². The number of hydrogen-bond donors (Lipinski definition) is 0. The zero-order valence-electron chi connectivity index (χ0n) is 19.3. The Morgan fingerprint density at radius 1 is 1.06 bits per heavy atom. The Morgan fingerprint density at radius 2 is 1.75 bits per heavy atom. The van der Waals surface area contributed by atoms with Crippen molar-refractivity contribution in [1.82, 2.24) is 4.90 Å². The predicted octanol–water partition coefficient (Wildman–Crippen LogP) is 4.54. The third kappa shape index (κ3) is 3.90. The van der Waals surface area contributed by atoms with Crippen molar-refractivity contribution in [2.45, 2.75) is 39.3 Å². The summed E-state index contributed by atoms with van der Waals surface area (Å²) in [5.74, 6) is 2.39. The van der Waals surface area contributed by atoms with Crippen LogP contribution < -0.4 is 18.9 Å². The summed E-state index contributed by atoms with van der Waals surface area (Å²) >= 11 is 6.00. The second-order valence-electron chi connectivity index (χ2n) is 8.99. The summed E-state index contributed by atoms with van der Waals surface area (Å²) in [4.78, 5) is 15.2. The topological polar surface area (TPSA) is 57.2 Å². The Labute approximate surface area is 194 Å². The van der Waals surface area contributed by atoms with E-state index in [1.165, 1.54) is 11.1 Å². The van der Waals surface area contributed by atoms with Gasteiger partial charge in [-0.25, -0.2) is 0 Å². The molecular weight excluding hydrogens is 430 g/mol. The van der Waals surface area contributed by atoms with Gasteiger partial charge < -0.3 is 18.9 Å². The van der Waals surface area contributed by atoms with Gasteiger partial charge in [0.1, 0.15) is 0 Å². The van der Waals surface area contributed by atoms with Gasteiger partial charge in [0, 0.05) is 30.6 Å². The van der Waals surface area contributed by atoms with Crippen LogP contribution >= 0.6 is 11.6 Å². The highest BCUT2D eigenvalue weighted by atomic mass is 35.5. The SMILES string of the molecule is COc1cc2c(cc1OC)C1Cc3ccc(OC)c(OC(=O)C(C)(C)CCl)c3CN1CC2. The van der Waals surface area contributed by atoms with Crippen LogP contribution in [0.5, 0.6) is 23.0 Å². The predicted molar refractivity (Wildman–Crippen MR) is 123 cm³/mol. The van der Waals surface area contributed by atoms with E-state index in [9.17, 15) is 4.79 Å².